The lowest BCUT2D eigenvalue weighted by atomic mass is 9.82. The Bertz CT molecular complexity index is 1200. The number of benzene rings is 1. The molecular weight excluding hydrogens is 463 g/mol. The van der Waals surface area contributed by atoms with Crippen LogP contribution in [0.1, 0.15) is 54.9 Å². The Hall–Kier alpha value is -3.38. The van der Waals surface area contributed by atoms with Crippen LogP contribution in [0.2, 0.25) is 0 Å². The Balaban J connectivity index is 1.67. The third-order valence-electron chi connectivity index (χ3n) is 7.37. The van der Waals surface area contributed by atoms with Gasteiger partial charge in [0.05, 0.1) is 24.3 Å². The average molecular weight is 497 g/mol. The summed E-state index contributed by atoms with van der Waals surface area (Å²) >= 11 is 0. The zero-order valence-electron chi connectivity index (χ0n) is 20.7. The number of fused-ring (bicyclic) bond motifs is 1. The summed E-state index contributed by atoms with van der Waals surface area (Å²) in [6.45, 7) is 2.61. The highest BCUT2D eigenvalue weighted by Gasteiger charge is 2.41. The first-order valence-corrected chi connectivity index (χ1v) is 12.5. The summed E-state index contributed by atoms with van der Waals surface area (Å²) in [4.78, 5) is 28.4. The lowest BCUT2D eigenvalue weighted by Gasteiger charge is -2.24. The quantitative estimate of drug-likeness (QED) is 0.506. The molecule has 1 saturated carbocycles. The van der Waals surface area contributed by atoms with Gasteiger partial charge in [0.15, 0.2) is 6.17 Å². The normalized spacial score (nSPS) is 25.7. The van der Waals surface area contributed by atoms with E-state index in [-0.39, 0.29) is 29.7 Å². The van der Waals surface area contributed by atoms with Crippen LogP contribution in [-0.4, -0.2) is 49.3 Å². The van der Waals surface area contributed by atoms with Gasteiger partial charge in [0.1, 0.15) is 12.4 Å². The summed E-state index contributed by atoms with van der Waals surface area (Å²) in [7, 11) is 1.45. The van der Waals surface area contributed by atoms with Crippen molar-refractivity contribution >= 4 is 22.6 Å². The summed E-state index contributed by atoms with van der Waals surface area (Å²) in [6, 6.07) is 2.83. The fraction of sp³-hybridized carbons (Fsp3) is 0.519. The van der Waals surface area contributed by atoms with Gasteiger partial charge in [0, 0.05) is 28.8 Å². The van der Waals surface area contributed by atoms with Gasteiger partial charge in [-0.3, -0.25) is 9.59 Å². The Morgan fingerprint density at radius 1 is 1.25 bits per heavy atom. The lowest BCUT2D eigenvalue weighted by Crippen LogP contribution is -2.34. The van der Waals surface area contributed by atoms with Crippen LogP contribution in [-0.2, 0) is 4.79 Å². The monoisotopic (exact) mass is 496 g/mol. The zero-order valence-corrected chi connectivity index (χ0v) is 20.7. The number of halogens is 1. The highest BCUT2D eigenvalue weighted by atomic mass is 19.1. The molecule has 192 valence electrons. The number of carbonyl (C=O) groups excluding carboxylic acids is 2. The van der Waals surface area contributed by atoms with Crippen molar-refractivity contribution in [3.63, 3.8) is 0 Å². The van der Waals surface area contributed by atoms with Gasteiger partial charge in [-0.1, -0.05) is 18.8 Å². The van der Waals surface area contributed by atoms with Crippen molar-refractivity contribution in [2.45, 2.75) is 51.2 Å². The van der Waals surface area contributed by atoms with Gasteiger partial charge in [-0.05, 0) is 56.7 Å². The first-order valence-electron chi connectivity index (χ1n) is 12.5. The standard InChI is InChI=1S/C27H33FN4O4/c1-3-18-22(32-26(34)24(18)28)14-36-27-20-11-23(35-2)21(25(30)33)10-19(20)17(13-31-27)9-8-15-4-6-16(12-29)7-5-15/h10-11,13,15-16,18,22,24H,3-7,12,14,29H2,1-2H3,(H2,30,33)(H,32,34)/t15-,16-,18-,22+,24-/m0/s1. The number of methoxy groups -OCH3 is 1. The van der Waals surface area contributed by atoms with Crippen LogP contribution in [0.3, 0.4) is 0 Å². The number of nitrogens with one attached hydrogen (secondary N) is 1. The van der Waals surface area contributed by atoms with Crippen molar-refractivity contribution in [1.82, 2.24) is 10.3 Å². The minimum absolute atomic E-state index is 0.0576. The van der Waals surface area contributed by atoms with Crippen molar-refractivity contribution in [1.29, 1.82) is 0 Å². The molecule has 2 amide bonds. The number of rotatable bonds is 7. The molecule has 8 nitrogen and oxygen atoms in total. The predicted molar refractivity (Wildman–Crippen MR) is 134 cm³/mol. The average Bonchev–Trinajstić information content (AvgIpc) is 3.17. The number of alkyl halides is 1. The number of hydrogen-bond acceptors (Lipinski definition) is 6. The molecule has 1 saturated heterocycles. The van der Waals surface area contributed by atoms with Crippen molar-refractivity contribution in [2.24, 2.45) is 29.2 Å². The number of ether oxygens (including phenoxy) is 2. The second-order valence-corrected chi connectivity index (χ2v) is 9.56. The van der Waals surface area contributed by atoms with Crippen molar-refractivity contribution < 1.29 is 23.5 Å². The third kappa shape index (κ3) is 5.24. The molecule has 4 rings (SSSR count). The van der Waals surface area contributed by atoms with E-state index in [0.29, 0.717) is 35.2 Å². The van der Waals surface area contributed by atoms with E-state index in [1.807, 2.05) is 6.92 Å². The minimum atomic E-state index is -1.55. The van der Waals surface area contributed by atoms with Crippen molar-refractivity contribution in [2.75, 3.05) is 20.3 Å². The van der Waals surface area contributed by atoms with E-state index in [2.05, 4.69) is 22.1 Å². The number of aromatic nitrogens is 1. The lowest BCUT2D eigenvalue weighted by molar-refractivity contribution is -0.123. The fourth-order valence-electron chi connectivity index (χ4n) is 5.13. The molecule has 2 aromatic rings. The molecule has 5 N–H and O–H groups in total. The molecule has 9 heteroatoms. The Labute approximate surface area is 210 Å². The van der Waals surface area contributed by atoms with Crippen LogP contribution < -0.4 is 26.3 Å². The van der Waals surface area contributed by atoms with Crippen molar-refractivity contribution in [3.8, 4) is 23.5 Å². The van der Waals surface area contributed by atoms with Crippen LogP contribution in [0, 0.1) is 29.6 Å². The number of amides is 2. The number of nitrogens with two attached hydrogens (primary N) is 2. The van der Waals surface area contributed by atoms with Gasteiger partial charge in [-0.15, -0.1) is 0 Å². The van der Waals surface area contributed by atoms with Gasteiger partial charge in [0.25, 0.3) is 11.8 Å². The number of primary amides is 1. The van der Waals surface area contributed by atoms with E-state index < -0.39 is 29.9 Å². The van der Waals surface area contributed by atoms with E-state index in [0.717, 1.165) is 25.7 Å². The second-order valence-electron chi connectivity index (χ2n) is 9.56. The summed E-state index contributed by atoms with van der Waals surface area (Å²) < 4.78 is 25.6. The van der Waals surface area contributed by atoms with E-state index in [1.165, 1.54) is 7.11 Å². The third-order valence-corrected chi connectivity index (χ3v) is 7.37. The number of pyridine rings is 1. The molecule has 1 aromatic carbocycles. The van der Waals surface area contributed by atoms with Gasteiger partial charge in [0.2, 0.25) is 5.88 Å². The summed E-state index contributed by atoms with van der Waals surface area (Å²) in [5.41, 5.74) is 12.3. The van der Waals surface area contributed by atoms with E-state index >= 15 is 0 Å². The van der Waals surface area contributed by atoms with E-state index in [9.17, 15) is 14.0 Å². The molecule has 0 bridgehead atoms. The van der Waals surface area contributed by atoms with Crippen LogP contribution in [0.15, 0.2) is 18.3 Å². The predicted octanol–water partition coefficient (Wildman–Crippen LogP) is 2.70. The maximum atomic E-state index is 14.2. The van der Waals surface area contributed by atoms with Crippen LogP contribution >= 0.6 is 0 Å². The SMILES string of the molecule is CC[C@@H]1[C@H](F)C(=O)N[C@@H]1COc1ncc(C#C[C@H]2CC[C@H](CN)CC2)c2cc(C(N)=O)c(OC)cc12. The summed E-state index contributed by atoms with van der Waals surface area (Å²) in [5, 5.41) is 3.91. The van der Waals surface area contributed by atoms with Gasteiger partial charge >= 0.3 is 0 Å². The number of carbonyl (C=O) groups is 2. The number of hydrogen-bond donors (Lipinski definition) is 3. The van der Waals surface area contributed by atoms with E-state index in [4.69, 9.17) is 20.9 Å². The molecule has 2 fully saturated rings. The molecular formula is C27H33FN4O4. The second kappa shape index (κ2) is 11.1. The van der Waals surface area contributed by atoms with Crippen molar-refractivity contribution in [3.05, 3.63) is 29.5 Å². The topological polar surface area (TPSA) is 130 Å². The first-order chi connectivity index (χ1) is 17.4. The molecule has 1 aliphatic carbocycles. The van der Waals surface area contributed by atoms with Crippen LogP contribution in [0.5, 0.6) is 11.6 Å². The van der Waals surface area contributed by atoms with Crippen LogP contribution in [0.25, 0.3) is 10.8 Å². The maximum absolute atomic E-state index is 14.2. The molecule has 1 aliphatic heterocycles. The van der Waals surface area contributed by atoms with E-state index in [1.54, 1.807) is 18.3 Å². The Morgan fingerprint density at radius 2 is 2.00 bits per heavy atom. The molecule has 0 radical (unpaired) electrons. The molecule has 0 spiro atoms. The zero-order chi connectivity index (χ0) is 25.8. The minimum Gasteiger partial charge on any atom is -0.496 e. The molecule has 0 unspecified atom stereocenters. The number of nitrogens with zero attached hydrogens (tertiary/aromatic N) is 1. The smallest absolute Gasteiger partial charge is 0.255 e. The van der Waals surface area contributed by atoms with Gasteiger partial charge < -0.3 is 26.3 Å². The fourth-order valence-corrected chi connectivity index (χ4v) is 5.13. The highest BCUT2D eigenvalue weighted by molar-refractivity contribution is 6.03. The maximum Gasteiger partial charge on any atom is 0.255 e. The highest BCUT2D eigenvalue weighted by Crippen LogP contribution is 2.34. The summed E-state index contributed by atoms with van der Waals surface area (Å²) in [6.07, 6.45) is 4.70. The van der Waals surface area contributed by atoms with Gasteiger partial charge in [-0.25, -0.2) is 9.37 Å². The molecule has 1 aromatic heterocycles. The molecule has 2 heterocycles. The summed E-state index contributed by atoms with van der Waals surface area (Å²) in [5.74, 6) is 6.30. The Kier molecular flexibility index (Phi) is 7.94. The molecule has 36 heavy (non-hydrogen) atoms. The van der Waals surface area contributed by atoms with Crippen LogP contribution in [0.4, 0.5) is 4.39 Å². The Morgan fingerprint density at radius 3 is 2.64 bits per heavy atom. The molecule has 2 aliphatic rings. The molecule has 3 atom stereocenters. The largest absolute Gasteiger partial charge is 0.496 e. The van der Waals surface area contributed by atoms with Gasteiger partial charge in [-0.2, -0.15) is 0 Å². The first kappa shape index (κ1) is 25.7.